The Morgan fingerprint density at radius 2 is 1.95 bits per heavy atom. The molecule has 0 atom stereocenters. The Labute approximate surface area is 110 Å². The maximum Gasteiger partial charge on any atom is 0.315 e. The molecule has 2 rings (SSSR count). The smallest absolute Gasteiger partial charge is 0.315 e. The van der Waals surface area contributed by atoms with E-state index >= 15 is 0 Å². The third-order valence-electron chi connectivity index (χ3n) is 2.73. The lowest BCUT2D eigenvalue weighted by Crippen LogP contribution is -2.39. The first-order valence-corrected chi connectivity index (χ1v) is 6.18. The molecule has 0 bridgehead atoms. The van der Waals surface area contributed by atoms with Crippen LogP contribution in [0.2, 0.25) is 0 Å². The van der Waals surface area contributed by atoms with Gasteiger partial charge in [0.05, 0.1) is 4.92 Å². The molecule has 0 heterocycles. The minimum absolute atomic E-state index is 0.0625. The van der Waals surface area contributed by atoms with E-state index in [0.29, 0.717) is 19.1 Å². The van der Waals surface area contributed by atoms with Gasteiger partial charge in [-0.3, -0.25) is 10.1 Å². The number of carbonyl (C=O) groups is 1. The average molecular weight is 264 g/mol. The molecule has 0 radical (unpaired) electrons. The average Bonchev–Trinajstić information content (AvgIpc) is 3.19. The minimum Gasteiger partial charge on any atom is -0.383 e. The number of nitro groups is 1. The fraction of sp³-hybridized carbons (Fsp3) is 0.417. The number of nitro benzene ring substituents is 1. The van der Waals surface area contributed by atoms with Gasteiger partial charge < -0.3 is 16.0 Å². The van der Waals surface area contributed by atoms with Gasteiger partial charge in [0.1, 0.15) is 0 Å². The number of nitrogens with zero attached hydrogens (tertiary/aromatic N) is 1. The molecule has 1 saturated carbocycles. The maximum atomic E-state index is 11.3. The van der Waals surface area contributed by atoms with Gasteiger partial charge >= 0.3 is 6.03 Å². The van der Waals surface area contributed by atoms with Crippen LogP contribution in [-0.4, -0.2) is 30.1 Å². The summed E-state index contributed by atoms with van der Waals surface area (Å²) < 4.78 is 0. The Morgan fingerprint density at radius 1 is 1.26 bits per heavy atom. The van der Waals surface area contributed by atoms with Crippen LogP contribution in [0.15, 0.2) is 24.3 Å². The number of nitrogens with one attached hydrogen (secondary N) is 3. The number of rotatable bonds is 6. The second-order valence-corrected chi connectivity index (χ2v) is 4.41. The van der Waals surface area contributed by atoms with Gasteiger partial charge in [0.25, 0.3) is 5.69 Å². The Bertz CT molecular complexity index is 457. The molecule has 7 nitrogen and oxygen atoms in total. The van der Waals surface area contributed by atoms with Gasteiger partial charge in [0.15, 0.2) is 0 Å². The highest BCUT2D eigenvalue weighted by Crippen LogP contribution is 2.18. The van der Waals surface area contributed by atoms with Gasteiger partial charge in [0.2, 0.25) is 0 Å². The number of anilines is 1. The lowest BCUT2D eigenvalue weighted by Gasteiger charge is -2.08. The summed E-state index contributed by atoms with van der Waals surface area (Å²) in [6, 6.07) is 6.37. The van der Waals surface area contributed by atoms with Crippen LogP contribution in [-0.2, 0) is 0 Å². The van der Waals surface area contributed by atoms with Gasteiger partial charge in [-0.05, 0) is 25.0 Å². The lowest BCUT2D eigenvalue weighted by atomic mass is 10.3. The minimum atomic E-state index is -0.437. The van der Waals surface area contributed by atoms with Crippen molar-refractivity contribution in [2.45, 2.75) is 18.9 Å². The van der Waals surface area contributed by atoms with E-state index < -0.39 is 4.92 Å². The SMILES string of the molecule is O=C(NCCNc1ccc([N+](=O)[O-])cc1)NC1CC1. The first-order chi connectivity index (χ1) is 9.15. The van der Waals surface area contributed by atoms with Gasteiger partial charge in [-0.1, -0.05) is 0 Å². The molecule has 1 aliphatic rings. The van der Waals surface area contributed by atoms with E-state index in [2.05, 4.69) is 16.0 Å². The number of hydrogen-bond donors (Lipinski definition) is 3. The van der Waals surface area contributed by atoms with Crippen molar-refractivity contribution >= 4 is 17.4 Å². The third-order valence-corrected chi connectivity index (χ3v) is 2.73. The summed E-state index contributed by atoms with van der Waals surface area (Å²) in [6.07, 6.45) is 2.13. The zero-order valence-corrected chi connectivity index (χ0v) is 10.4. The quantitative estimate of drug-likeness (QED) is 0.412. The molecule has 0 aromatic heterocycles. The van der Waals surface area contributed by atoms with E-state index in [1.807, 2.05) is 0 Å². The van der Waals surface area contributed by atoms with Crippen LogP contribution in [0.25, 0.3) is 0 Å². The van der Waals surface area contributed by atoms with Crippen molar-refractivity contribution in [1.82, 2.24) is 10.6 Å². The molecule has 1 aliphatic carbocycles. The summed E-state index contributed by atoms with van der Waals surface area (Å²) >= 11 is 0. The fourth-order valence-electron chi connectivity index (χ4n) is 1.55. The predicted octanol–water partition coefficient (Wildman–Crippen LogP) is 1.47. The maximum absolute atomic E-state index is 11.3. The van der Waals surface area contributed by atoms with Crippen molar-refractivity contribution in [1.29, 1.82) is 0 Å². The van der Waals surface area contributed by atoms with E-state index in [9.17, 15) is 14.9 Å². The Kier molecular flexibility index (Phi) is 4.17. The van der Waals surface area contributed by atoms with Crippen LogP contribution in [0.1, 0.15) is 12.8 Å². The number of hydrogen-bond acceptors (Lipinski definition) is 4. The molecule has 0 spiro atoms. The van der Waals surface area contributed by atoms with E-state index in [4.69, 9.17) is 0 Å². The molecule has 0 unspecified atom stereocenters. The van der Waals surface area contributed by atoms with Crippen LogP contribution in [0.4, 0.5) is 16.2 Å². The molecular formula is C12H16N4O3. The van der Waals surface area contributed by atoms with E-state index in [0.717, 1.165) is 18.5 Å². The van der Waals surface area contributed by atoms with E-state index in [1.165, 1.54) is 12.1 Å². The summed E-state index contributed by atoms with van der Waals surface area (Å²) in [4.78, 5) is 21.3. The summed E-state index contributed by atoms with van der Waals surface area (Å²) in [7, 11) is 0. The molecule has 0 aliphatic heterocycles. The highest BCUT2D eigenvalue weighted by Gasteiger charge is 2.22. The zero-order chi connectivity index (χ0) is 13.7. The standard InChI is InChI=1S/C12H16N4O3/c17-12(15-10-1-2-10)14-8-7-13-9-3-5-11(6-4-9)16(18)19/h3-6,10,13H,1-2,7-8H2,(H2,14,15,17). The Hall–Kier alpha value is -2.31. The van der Waals surface area contributed by atoms with Crippen molar-refractivity contribution in [3.05, 3.63) is 34.4 Å². The number of urea groups is 1. The first kappa shape index (κ1) is 13.1. The molecule has 1 fully saturated rings. The van der Waals surface area contributed by atoms with Crippen LogP contribution in [0.3, 0.4) is 0 Å². The van der Waals surface area contributed by atoms with Crippen molar-refractivity contribution in [3.63, 3.8) is 0 Å². The number of benzene rings is 1. The summed E-state index contributed by atoms with van der Waals surface area (Å²) in [5, 5.41) is 19.1. The summed E-state index contributed by atoms with van der Waals surface area (Å²) in [6.45, 7) is 1.06. The van der Waals surface area contributed by atoms with Gasteiger partial charge in [-0.15, -0.1) is 0 Å². The molecule has 1 aromatic carbocycles. The van der Waals surface area contributed by atoms with Gasteiger partial charge in [-0.25, -0.2) is 4.79 Å². The molecule has 19 heavy (non-hydrogen) atoms. The summed E-state index contributed by atoms with van der Waals surface area (Å²) in [5.74, 6) is 0. The van der Waals surface area contributed by atoms with Crippen molar-refractivity contribution in [2.75, 3.05) is 18.4 Å². The Balaban J connectivity index is 1.64. The topological polar surface area (TPSA) is 96.3 Å². The number of carbonyl (C=O) groups excluding carboxylic acids is 1. The van der Waals surface area contributed by atoms with Crippen LogP contribution >= 0.6 is 0 Å². The fourth-order valence-corrected chi connectivity index (χ4v) is 1.55. The third kappa shape index (κ3) is 4.46. The van der Waals surface area contributed by atoms with Crippen molar-refractivity contribution in [3.8, 4) is 0 Å². The second kappa shape index (κ2) is 6.03. The summed E-state index contributed by atoms with van der Waals surface area (Å²) in [5.41, 5.74) is 0.850. The highest BCUT2D eigenvalue weighted by atomic mass is 16.6. The first-order valence-electron chi connectivity index (χ1n) is 6.18. The molecular weight excluding hydrogens is 248 g/mol. The largest absolute Gasteiger partial charge is 0.383 e. The second-order valence-electron chi connectivity index (χ2n) is 4.41. The van der Waals surface area contributed by atoms with E-state index in [1.54, 1.807) is 12.1 Å². The lowest BCUT2D eigenvalue weighted by molar-refractivity contribution is -0.384. The molecule has 2 amide bonds. The van der Waals surface area contributed by atoms with Crippen LogP contribution in [0, 0.1) is 10.1 Å². The van der Waals surface area contributed by atoms with Crippen molar-refractivity contribution < 1.29 is 9.72 Å². The zero-order valence-electron chi connectivity index (χ0n) is 10.4. The molecule has 102 valence electrons. The Morgan fingerprint density at radius 3 is 2.53 bits per heavy atom. The van der Waals surface area contributed by atoms with Crippen molar-refractivity contribution in [2.24, 2.45) is 0 Å². The van der Waals surface area contributed by atoms with Crippen LogP contribution < -0.4 is 16.0 Å². The number of amides is 2. The molecule has 7 heteroatoms. The normalized spacial score (nSPS) is 13.7. The van der Waals surface area contributed by atoms with Gasteiger partial charge in [0, 0.05) is 37.0 Å². The van der Waals surface area contributed by atoms with Crippen LogP contribution in [0.5, 0.6) is 0 Å². The van der Waals surface area contributed by atoms with Gasteiger partial charge in [-0.2, -0.15) is 0 Å². The van der Waals surface area contributed by atoms with E-state index in [-0.39, 0.29) is 11.7 Å². The predicted molar refractivity (Wildman–Crippen MR) is 71.1 cm³/mol. The molecule has 0 saturated heterocycles. The monoisotopic (exact) mass is 264 g/mol. The highest BCUT2D eigenvalue weighted by molar-refractivity contribution is 5.74. The molecule has 3 N–H and O–H groups in total. The molecule has 1 aromatic rings. The number of non-ortho nitro benzene ring substituents is 1.